The van der Waals surface area contributed by atoms with Gasteiger partial charge in [-0.05, 0) is 11.6 Å². The molecule has 2 aromatic rings. The first-order valence-corrected chi connectivity index (χ1v) is 8.83. The highest BCUT2D eigenvalue weighted by Gasteiger charge is 2.36. The van der Waals surface area contributed by atoms with Gasteiger partial charge in [0.25, 0.3) is 0 Å². The van der Waals surface area contributed by atoms with Gasteiger partial charge in [-0.25, -0.2) is 4.98 Å². The maximum atomic E-state index is 13.4. The van der Waals surface area contributed by atoms with E-state index in [2.05, 4.69) is 4.98 Å². The molecule has 1 amide bonds. The topological polar surface area (TPSA) is 106 Å². The molecule has 1 aromatic carbocycles. The average Bonchev–Trinajstić information content (AvgIpc) is 2.64. The molecule has 28 heavy (non-hydrogen) atoms. The van der Waals surface area contributed by atoms with Crippen LogP contribution in [0.1, 0.15) is 22.4 Å². The molecule has 0 aliphatic carbocycles. The Hall–Kier alpha value is -3.06. The van der Waals surface area contributed by atoms with Crippen LogP contribution < -0.4 is 10.4 Å². The molecule has 0 atom stereocenters. The quantitative estimate of drug-likeness (QED) is 0.697. The van der Waals surface area contributed by atoms with Crippen molar-refractivity contribution in [2.45, 2.75) is 17.6 Å². The number of nitrogens with zero attached hydrogens (tertiary/aromatic N) is 2. The van der Waals surface area contributed by atoms with Gasteiger partial charge in [-0.1, -0.05) is 42.1 Å². The van der Waals surface area contributed by atoms with Crippen LogP contribution in [0.3, 0.4) is 0 Å². The molecule has 0 spiro atoms. The number of carbonyl (C=O) groups excluding carboxylic acids is 2. The molecule has 0 bridgehead atoms. The van der Waals surface area contributed by atoms with E-state index in [1.54, 1.807) is 30.3 Å². The number of halogens is 3. The number of aromatic nitrogens is 1. The molecular weight excluding hydrogens is 395 g/mol. The number of nitrogens with one attached hydrogen (secondary N) is 1. The Kier molecular flexibility index (Phi) is 7.00. The second-order valence-corrected chi connectivity index (χ2v) is 6.51. The van der Waals surface area contributed by atoms with Crippen molar-refractivity contribution >= 4 is 23.6 Å². The van der Waals surface area contributed by atoms with Gasteiger partial charge in [-0.15, -0.1) is 0 Å². The molecule has 0 aliphatic rings. The molecule has 0 unspecified atom stereocenters. The Morgan fingerprint density at radius 3 is 2.50 bits per heavy atom. The number of pyridine rings is 1. The van der Waals surface area contributed by atoms with E-state index in [9.17, 15) is 33.1 Å². The first kappa shape index (κ1) is 21.2. The van der Waals surface area contributed by atoms with Gasteiger partial charge in [-0.3, -0.25) is 4.79 Å². The van der Waals surface area contributed by atoms with Gasteiger partial charge in [0.1, 0.15) is 11.1 Å². The maximum absolute atomic E-state index is 13.4. The number of amides is 1. The minimum Gasteiger partial charge on any atom is -0.548 e. The van der Waals surface area contributed by atoms with Crippen LogP contribution in [0.25, 0.3) is 0 Å². The van der Waals surface area contributed by atoms with Gasteiger partial charge in [0.15, 0.2) is 0 Å². The smallest absolute Gasteiger partial charge is 0.417 e. The Labute approximate surface area is 162 Å². The highest BCUT2D eigenvalue weighted by Crippen LogP contribution is 2.36. The molecule has 0 fully saturated rings. The lowest BCUT2D eigenvalue weighted by atomic mass is 10.0. The zero-order valence-electron chi connectivity index (χ0n) is 14.2. The second kappa shape index (κ2) is 9.23. The lowest BCUT2D eigenvalue weighted by Gasteiger charge is -2.14. The number of aliphatic carboxylic acids is 1. The third-order valence-corrected chi connectivity index (χ3v) is 4.43. The van der Waals surface area contributed by atoms with E-state index in [-0.39, 0.29) is 17.1 Å². The Bertz CT molecular complexity index is 912. The zero-order valence-corrected chi connectivity index (χ0v) is 15.1. The first-order valence-electron chi connectivity index (χ1n) is 7.85. The third-order valence-electron chi connectivity index (χ3n) is 3.45. The van der Waals surface area contributed by atoms with Crippen LogP contribution in [0.2, 0.25) is 0 Å². The average molecular weight is 408 g/mol. The molecule has 2 rings (SSSR count). The monoisotopic (exact) mass is 408 g/mol. The summed E-state index contributed by atoms with van der Waals surface area (Å²) in [6.07, 6.45) is -4.66. The minimum absolute atomic E-state index is 0.0927. The Balaban J connectivity index is 2.33. The van der Waals surface area contributed by atoms with Crippen molar-refractivity contribution in [3.8, 4) is 6.07 Å². The number of nitriles is 1. The van der Waals surface area contributed by atoms with Crippen molar-refractivity contribution < 1.29 is 27.9 Å². The van der Waals surface area contributed by atoms with Crippen LogP contribution in [0, 0.1) is 11.3 Å². The minimum atomic E-state index is -4.77. The molecule has 1 aromatic heterocycles. The summed E-state index contributed by atoms with van der Waals surface area (Å²) in [5.74, 6) is -2.64. The van der Waals surface area contributed by atoms with Gasteiger partial charge in [0.2, 0.25) is 5.91 Å². The number of thioether (sulfide) groups is 1. The van der Waals surface area contributed by atoms with Crippen molar-refractivity contribution in [1.29, 1.82) is 5.26 Å². The third kappa shape index (κ3) is 5.99. The number of hydrogen-bond acceptors (Lipinski definition) is 6. The highest BCUT2D eigenvalue weighted by atomic mass is 32.2. The molecule has 1 N–H and O–H groups in total. The molecule has 1 heterocycles. The predicted molar refractivity (Wildman–Crippen MR) is 91.9 cm³/mol. The van der Waals surface area contributed by atoms with Gasteiger partial charge < -0.3 is 15.2 Å². The number of benzene rings is 1. The molecule has 6 nitrogen and oxygen atoms in total. The number of alkyl halides is 3. The fraction of sp³-hybridized carbons (Fsp3) is 0.222. The van der Waals surface area contributed by atoms with E-state index in [1.807, 2.05) is 5.32 Å². The number of rotatable bonds is 7. The summed E-state index contributed by atoms with van der Waals surface area (Å²) in [4.78, 5) is 26.1. The van der Waals surface area contributed by atoms with Crippen molar-refractivity contribution in [3.05, 3.63) is 58.8 Å². The SMILES string of the molecule is N#Cc1c(C(F)(F)F)cc(Cc2ccccc2)nc1SCC(=O)NCC(=O)[O-]. The van der Waals surface area contributed by atoms with Crippen LogP contribution in [0.5, 0.6) is 0 Å². The lowest BCUT2D eigenvalue weighted by Crippen LogP contribution is -2.38. The van der Waals surface area contributed by atoms with E-state index in [4.69, 9.17) is 0 Å². The lowest BCUT2D eigenvalue weighted by molar-refractivity contribution is -0.304. The number of hydrogen-bond donors (Lipinski definition) is 1. The molecule has 0 saturated heterocycles. The Morgan fingerprint density at radius 1 is 1.25 bits per heavy atom. The highest BCUT2D eigenvalue weighted by molar-refractivity contribution is 8.00. The van der Waals surface area contributed by atoms with Crippen molar-refractivity contribution in [2.75, 3.05) is 12.3 Å². The molecule has 0 aliphatic heterocycles. The normalized spacial score (nSPS) is 10.9. The summed E-state index contributed by atoms with van der Waals surface area (Å²) in [5, 5.41) is 21.3. The molecule has 10 heteroatoms. The number of carbonyl (C=O) groups is 2. The van der Waals surface area contributed by atoms with Crippen LogP contribution in [-0.2, 0) is 22.2 Å². The van der Waals surface area contributed by atoms with Gasteiger partial charge in [-0.2, -0.15) is 18.4 Å². The Morgan fingerprint density at radius 2 is 1.93 bits per heavy atom. The van der Waals surface area contributed by atoms with Gasteiger partial charge >= 0.3 is 6.18 Å². The largest absolute Gasteiger partial charge is 0.548 e. The molecule has 0 radical (unpaired) electrons. The standard InChI is InChI=1S/C18H14F3N3O3S/c19-18(20,21)14-7-12(6-11-4-2-1-3-5-11)24-17(13(14)8-22)28-10-15(25)23-9-16(26)27/h1-5,7H,6,9-10H2,(H,23,25)(H,26,27)/p-1. The summed E-state index contributed by atoms with van der Waals surface area (Å²) >= 11 is 0.627. The predicted octanol–water partition coefficient (Wildman–Crippen LogP) is 1.52. The van der Waals surface area contributed by atoms with Crippen molar-refractivity contribution in [1.82, 2.24) is 10.3 Å². The first-order chi connectivity index (χ1) is 13.2. The van der Waals surface area contributed by atoms with Crippen molar-refractivity contribution in [3.63, 3.8) is 0 Å². The van der Waals surface area contributed by atoms with Crippen LogP contribution >= 0.6 is 11.8 Å². The summed E-state index contributed by atoms with van der Waals surface area (Å²) in [5.41, 5.74) is -0.985. The summed E-state index contributed by atoms with van der Waals surface area (Å²) in [6.45, 7) is -0.722. The van der Waals surface area contributed by atoms with Crippen LogP contribution in [-0.4, -0.2) is 29.2 Å². The zero-order chi connectivity index (χ0) is 20.7. The number of carboxylic acid groups (broad SMARTS) is 1. The summed E-state index contributed by atoms with van der Waals surface area (Å²) < 4.78 is 40.2. The van der Waals surface area contributed by atoms with Crippen LogP contribution in [0.15, 0.2) is 41.4 Å². The summed E-state index contributed by atoms with van der Waals surface area (Å²) in [6, 6.07) is 11.0. The second-order valence-electron chi connectivity index (χ2n) is 5.55. The summed E-state index contributed by atoms with van der Waals surface area (Å²) in [7, 11) is 0. The fourth-order valence-electron chi connectivity index (χ4n) is 2.26. The molecule has 146 valence electrons. The van der Waals surface area contributed by atoms with E-state index in [1.165, 1.54) is 6.07 Å². The van der Waals surface area contributed by atoms with E-state index < -0.39 is 41.5 Å². The molecule has 0 saturated carbocycles. The van der Waals surface area contributed by atoms with Crippen LogP contribution in [0.4, 0.5) is 13.2 Å². The fourth-order valence-corrected chi connectivity index (χ4v) is 3.11. The maximum Gasteiger partial charge on any atom is 0.417 e. The van der Waals surface area contributed by atoms with E-state index >= 15 is 0 Å². The van der Waals surface area contributed by atoms with Gasteiger partial charge in [0.05, 0.1) is 29.4 Å². The van der Waals surface area contributed by atoms with E-state index in [0.29, 0.717) is 11.8 Å². The van der Waals surface area contributed by atoms with Gasteiger partial charge in [0, 0.05) is 12.1 Å². The van der Waals surface area contributed by atoms with E-state index in [0.717, 1.165) is 11.6 Å². The van der Waals surface area contributed by atoms with Crippen molar-refractivity contribution in [2.24, 2.45) is 0 Å². The molecular formula is C18H13F3N3O3S-. The number of carboxylic acids is 1.